The van der Waals surface area contributed by atoms with Crippen molar-refractivity contribution in [2.75, 3.05) is 19.7 Å². The molecule has 188 valence electrons. The van der Waals surface area contributed by atoms with Gasteiger partial charge in [-0.25, -0.2) is 0 Å². The molecule has 0 N–H and O–H groups in total. The van der Waals surface area contributed by atoms with Crippen molar-refractivity contribution in [1.82, 2.24) is 0 Å². The fourth-order valence-electron chi connectivity index (χ4n) is 4.26. The van der Waals surface area contributed by atoms with Crippen molar-refractivity contribution in [1.29, 1.82) is 0 Å². The lowest BCUT2D eigenvalue weighted by Crippen LogP contribution is -2.47. The summed E-state index contributed by atoms with van der Waals surface area (Å²) in [7, 11) is 1.62. The highest BCUT2D eigenvalue weighted by Crippen LogP contribution is 2.38. The molecule has 0 heterocycles. The molecule has 0 spiro atoms. The van der Waals surface area contributed by atoms with Crippen molar-refractivity contribution in [3.8, 4) is 0 Å². The van der Waals surface area contributed by atoms with Gasteiger partial charge in [0.15, 0.2) is 5.78 Å². The first-order chi connectivity index (χ1) is 15.8. The van der Waals surface area contributed by atoms with Gasteiger partial charge in [-0.15, -0.1) is 0 Å². The van der Waals surface area contributed by atoms with Gasteiger partial charge in [0.05, 0.1) is 0 Å². The lowest BCUT2D eigenvalue weighted by molar-refractivity contribution is -0.172. The minimum atomic E-state index is -0.882. The lowest BCUT2D eigenvalue weighted by atomic mass is 9.78. The number of carbonyl (C=O) groups excluding carboxylic acids is 1. The van der Waals surface area contributed by atoms with Crippen LogP contribution in [0.2, 0.25) is 0 Å². The summed E-state index contributed by atoms with van der Waals surface area (Å²) in [5.41, 5.74) is 1.41. The summed E-state index contributed by atoms with van der Waals surface area (Å²) < 4.78 is 11.4. The Morgan fingerprint density at radius 1 is 1.24 bits per heavy atom. The summed E-state index contributed by atoms with van der Waals surface area (Å²) in [6.07, 6.45) is 18.5. The number of ketones is 1. The van der Waals surface area contributed by atoms with Crippen LogP contribution in [0.5, 0.6) is 0 Å². The van der Waals surface area contributed by atoms with Crippen LogP contribution in [0.15, 0.2) is 36.0 Å². The molecule has 0 bridgehead atoms. The minimum absolute atomic E-state index is 0.0726. The summed E-state index contributed by atoms with van der Waals surface area (Å²) in [5.74, 6) is 2.77. The highest BCUT2D eigenvalue weighted by atomic mass is 32.2. The fraction of sp³-hybridized carbons (Fsp3) is 0.759. The second kappa shape index (κ2) is 14.5. The zero-order valence-electron chi connectivity index (χ0n) is 21.9. The van der Waals surface area contributed by atoms with Crippen molar-refractivity contribution in [3.05, 3.63) is 36.0 Å². The maximum Gasteiger partial charge on any atom is 0.162 e. The van der Waals surface area contributed by atoms with Gasteiger partial charge in [-0.3, -0.25) is 4.79 Å². The Balaban J connectivity index is 2.12. The lowest BCUT2D eigenvalue weighted by Gasteiger charge is -2.37. The number of rotatable bonds is 19. The molecule has 2 rings (SSSR count). The number of methoxy groups -OCH3 is 1. The highest BCUT2D eigenvalue weighted by Gasteiger charge is 2.42. The predicted molar refractivity (Wildman–Crippen MR) is 143 cm³/mol. The zero-order valence-corrected chi connectivity index (χ0v) is 22.7. The van der Waals surface area contributed by atoms with Crippen LogP contribution >= 0.6 is 11.8 Å². The zero-order chi connectivity index (χ0) is 24.3. The van der Waals surface area contributed by atoms with Gasteiger partial charge < -0.3 is 9.47 Å². The molecule has 33 heavy (non-hydrogen) atoms. The summed E-state index contributed by atoms with van der Waals surface area (Å²) in [5, 5.41) is 0.831. The molecule has 3 atom stereocenters. The number of carbonyl (C=O) groups is 1. The summed E-state index contributed by atoms with van der Waals surface area (Å²) >= 11 is 2.04. The molecule has 0 aromatic carbocycles. The molecule has 0 aliphatic heterocycles. The number of allylic oxidation sites excluding steroid dienone is 4. The van der Waals surface area contributed by atoms with E-state index in [1.807, 2.05) is 11.8 Å². The predicted octanol–water partition coefficient (Wildman–Crippen LogP) is 7.91. The van der Waals surface area contributed by atoms with Crippen LogP contribution in [0, 0.1) is 17.8 Å². The Bertz CT molecular complexity index is 674. The Labute approximate surface area is 207 Å². The first kappa shape index (κ1) is 28.4. The van der Waals surface area contributed by atoms with Crippen LogP contribution in [0.1, 0.15) is 91.9 Å². The van der Waals surface area contributed by atoms with Gasteiger partial charge in [-0.1, -0.05) is 76.8 Å². The van der Waals surface area contributed by atoms with Gasteiger partial charge in [0.1, 0.15) is 12.4 Å². The normalized spacial score (nSPS) is 20.6. The average Bonchev–Trinajstić information content (AvgIpc) is 3.70. The number of ether oxygens (including phenoxy) is 2. The monoisotopic (exact) mass is 476 g/mol. The number of hydrogen-bond acceptors (Lipinski definition) is 4. The smallest absolute Gasteiger partial charge is 0.162 e. The van der Waals surface area contributed by atoms with Crippen LogP contribution < -0.4 is 0 Å². The van der Waals surface area contributed by atoms with E-state index in [2.05, 4.69) is 45.6 Å². The molecule has 2 fully saturated rings. The second-order valence-corrected chi connectivity index (χ2v) is 11.8. The molecule has 3 unspecified atom stereocenters. The third kappa shape index (κ3) is 10.5. The second-order valence-electron chi connectivity index (χ2n) is 10.4. The first-order valence-corrected chi connectivity index (χ1v) is 14.2. The maximum absolute atomic E-state index is 13.0. The molecule has 0 radical (unpaired) electrons. The molecule has 0 amide bonds. The molecular formula is C29H48O3S. The van der Waals surface area contributed by atoms with E-state index in [-0.39, 0.29) is 18.5 Å². The van der Waals surface area contributed by atoms with Crippen molar-refractivity contribution < 1.29 is 14.3 Å². The molecule has 3 nitrogen and oxygen atoms in total. The third-order valence-corrected chi connectivity index (χ3v) is 8.61. The van der Waals surface area contributed by atoms with Crippen LogP contribution in [-0.4, -0.2) is 36.3 Å². The number of hydrogen-bond donors (Lipinski definition) is 0. The van der Waals surface area contributed by atoms with Crippen molar-refractivity contribution >= 4 is 17.5 Å². The third-order valence-electron chi connectivity index (χ3n) is 7.19. The molecule has 4 heteroatoms. The first-order valence-electron chi connectivity index (χ1n) is 13.1. The Kier molecular flexibility index (Phi) is 12.5. The number of thioether (sulfide) groups is 1. The van der Waals surface area contributed by atoms with E-state index in [9.17, 15) is 4.79 Å². The number of Topliss-reactive ketones (excluding diaryl/α,β-unsaturated/α-hetero) is 1. The van der Waals surface area contributed by atoms with E-state index < -0.39 is 5.60 Å². The standard InChI is InChI=1S/C29H48O3S/c1-7-22(2)11-12-27(10-8-9-26-13-14-26)19-23(3)20-29(25(5)30,32-21-31-6)24(4)17-18-33-28-15-16-28/h11-12,19,22,24,26,28H,3,7-10,13-18,20-21H2,1-2,4-6H3/b12-11-,27-19-. The van der Waals surface area contributed by atoms with E-state index in [4.69, 9.17) is 9.47 Å². The average molecular weight is 477 g/mol. The molecule has 2 aliphatic carbocycles. The van der Waals surface area contributed by atoms with E-state index in [1.54, 1.807) is 14.0 Å². The Morgan fingerprint density at radius 2 is 1.97 bits per heavy atom. The fourth-order valence-corrected chi connectivity index (χ4v) is 5.56. The molecule has 2 aliphatic rings. The van der Waals surface area contributed by atoms with E-state index in [0.29, 0.717) is 12.3 Å². The summed E-state index contributed by atoms with van der Waals surface area (Å²) in [6, 6.07) is 0. The van der Waals surface area contributed by atoms with Crippen molar-refractivity contribution in [2.24, 2.45) is 17.8 Å². The molecular weight excluding hydrogens is 428 g/mol. The van der Waals surface area contributed by atoms with E-state index in [0.717, 1.165) is 41.8 Å². The van der Waals surface area contributed by atoms with Crippen LogP contribution in [-0.2, 0) is 14.3 Å². The summed E-state index contributed by atoms with van der Waals surface area (Å²) in [4.78, 5) is 13.0. The molecule has 0 aromatic rings. The van der Waals surface area contributed by atoms with E-state index >= 15 is 0 Å². The van der Waals surface area contributed by atoms with Crippen molar-refractivity contribution in [2.45, 2.75) is 103 Å². The Morgan fingerprint density at radius 3 is 2.55 bits per heavy atom. The molecule has 2 saturated carbocycles. The van der Waals surface area contributed by atoms with Crippen LogP contribution in [0.25, 0.3) is 0 Å². The van der Waals surface area contributed by atoms with Gasteiger partial charge in [0.2, 0.25) is 0 Å². The van der Waals surface area contributed by atoms with Gasteiger partial charge in [-0.2, -0.15) is 11.8 Å². The quantitative estimate of drug-likeness (QED) is 0.140. The largest absolute Gasteiger partial charge is 0.359 e. The Hall–Kier alpha value is -0.840. The molecule has 0 aromatic heterocycles. The molecule has 0 saturated heterocycles. The van der Waals surface area contributed by atoms with Crippen molar-refractivity contribution in [3.63, 3.8) is 0 Å². The van der Waals surface area contributed by atoms with Crippen LogP contribution in [0.4, 0.5) is 0 Å². The maximum atomic E-state index is 13.0. The van der Waals surface area contributed by atoms with Gasteiger partial charge in [0.25, 0.3) is 0 Å². The van der Waals surface area contributed by atoms with E-state index in [1.165, 1.54) is 44.1 Å². The highest BCUT2D eigenvalue weighted by molar-refractivity contribution is 8.00. The van der Waals surface area contributed by atoms with Crippen LogP contribution in [0.3, 0.4) is 0 Å². The summed E-state index contributed by atoms with van der Waals surface area (Å²) in [6.45, 7) is 12.8. The SMILES string of the molecule is C=C(/C=C(\C=C/C(C)CC)CCCC1CC1)CC(OCOC)(C(C)=O)C(C)CCSC1CC1. The van der Waals surface area contributed by atoms with Gasteiger partial charge in [-0.05, 0) is 68.1 Å². The van der Waals surface area contributed by atoms with Gasteiger partial charge >= 0.3 is 0 Å². The van der Waals surface area contributed by atoms with Gasteiger partial charge in [0, 0.05) is 18.8 Å². The minimum Gasteiger partial charge on any atom is -0.359 e. The topological polar surface area (TPSA) is 35.5 Å².